The van der Waals surface area contributed by atoms with Gasteiger partial charge in [0.2, 0.25) is 5.91 Å². The van der Waals surface area contributed by atoms with Gasteiger partial charge in [-0.3, -0.25) is 10.2 Å². The Labute approximate surface area is 102 Å². The number of halogens is 3. The Hall–Kier alpha value is -0.920. The molecule has 100 valence electrons. The Balaban J connectivity index is 4.08. The maximum atomic E-state index is 12.4. The molecule has 0 rings (SSSR count). The fourth-order valence-electron chi connectivity index (χ4n) is 0.994. The first-order valence-corrected chi connectivity index (χ1v) is 6.07. The quantitative estimate of drug-likeness (QED) is 0.504. The molecule has 8 heteroatoms. The van der Waals surface area contributed by atoms with Crippen LogP contribution in [0.1, 0.15) is 13.8 Å². The molecule has 0 radical (unpaired) electrons. The van der Waals surface area contributed by atoms with Crippen molar-refractivity contribution in [2.24, 2.45) is 11.7 Å². The summed E-state index contributed by atoms with van der Waals surface area (Å²) in [5, 5.41) is 9.41. The first-order chi connectivity index (χ1) is 7.64. The van der Waals surface area contributed by atoms with Crippen molar-refractivity contribution in [3.8, 4) is 0 Å². The third kappa shape index (κ3) is 7.09. The second-order valence-electron chi connectivity index (χ2n) is 3.79. The van der Waals surface area contributed by atoms with E-state index in [-0.39, 0.29) is 17.7 Å². The largest absolute Gasteiger partial charge is 0.399 e. The van der Waals surface area contributed by atoms with Crippen LogP contribution in [0.25, 0.3) is 0 Å². The van der Waals surface area contributed by atoms with Crippen LogP contribution < -0.4 is 11.1 Å². The van der Waals surface area contributed by atoms with Crippen LogP contribution in [0.3, 0.4) is 0 Å². The zero-order valence-corrected chi connectivity index (χ0v) is 10.4. The van der Waals surface area contributed by atoms with E-state index in [9.17, 15) is 18.0 Å². The number of alkyl halides is 3. The van der Waals surface area contributed by atoms with Crippen molar-refractivity contribution >= 4 is 23.5 Å². The topological polar surface area (TPSA) is 79.0 Å². The highest BCUT2D eigenvalue weighted by molar-refractivity contribution is 7.99. The highest BCUT2D eigenvalue weighted by Crippen LogP contribution is 2.28. The molecule has 0 bridgehead atoms. The lowest BCUT2D eigenvalue weighted by Gasteiger charge is -2.18. The maximum Gasteiger partial charge on any atom is 0.399 e. The van der Waals surface area contributed by atoms with Crippen molar-refractivity contribution in [3.63, 3.8) is 0 Å². The van der Waals surface area contributed by atoms with Crippen LogP contribution in [-0.2, 0) is 4.79 Å². The molecule has 0 aromatic carbocycles. The average molecular weight is 271 g/mol. The number of carbonyl (C=O) groups is 1. The summed E-state index contributed by atoms with van der Waals surface area (Å²) in [6.45, 7) is 3.52. The predicted molar refractivity (Wildman–Crippen MR) is 62.1 cm³/mol. The van der Waals surface area contributed by atoms with E-state index in [2.05, 4.69) is 5.32 Å². The number of hydrogen-bond acceptors (Lipinski definition) is 3. The first kappa shape index (κ1) is 16.1. The molecule has 4 nitrogen and oxygen atoms in total. The van der Waals surface area contributed by atoms with E-state index < -0.39 is 23.7 Å². The molecule has 0 saturated carbocycles. The van der Waals surface area contributed by atoms with Crippen molar-refractivity contribution in [1.82, 2.24) is 5.32 Å². The summed E-state index contributed by atoms with van der Waals surface area (Å²) in [6, 6.07) is -0.0469. The number of rotatable bonds is 6. The number of hydrogen-bond donors (Lipinski definition) is 3. The van der Waals surface area contributed by atoms with Gasteiger partial charge in [0.25, 0.3) is 0 Å². The van der Waals surface area contributed by atoms with Gasteiger partial charge in [-0.05, 0) is 13.8 Å². The molecule has 1 atom stereocenters. The van der Waals surface area contributed by atoms with E-state index >= 15 is 0 Å². The van der Waals surface area contributed by atoms with Gasteiger partial charge in [0.1, 0.15) is 11.8 Å². The Kier molecular flexibility index (Phi) is 6.36. The Morgan fingerprint density at radius 3 is 2.35 bits per heavy atom. The molecule has 4 N–H and O–H groups in total. The molecule has 0 spiro atoms. The first-order valence-electron chi connectivity index (χ1n) is 4.92. The Morgan fingerprint density at radius 1 is 1.47 bits per heavy atom. The van der Waals surface area contributed by atoms with Crippen LogP contribution in [0.4, 0.5) is 13.2 Å². The fourth-order valence-corrected chi connectivity index (χ4v) is 1.98. The van der Waals surface area contributed by atoms with Crippen LogP contribution >= 0.6 is 11.8 Å². The minimum absolute atomic E-state index is 0.0469. The van der Waals surface area contributed by atoms with E-state index in [1.807, 2.05) is 0 Å². The van der Waals surface area contributed by atoms with Gasteiger partial charge in [0.15, 0.2) is 0 Å². The van der Waals surface area contributed by atoms with Gasteiger partial charge in [-0.25, -0.2) is 0 Å². The number of thioether (sulfide) groups is 1. The number of amidine groups is 1. The SMILES string of the molecule is CC(C)NC(=O)CSCC(C(=N)N)C(F)(F)F. The normalized spacial score (nSPS) is 13.5. The van der Waals surface area contributed by atoms with Gasteiger partial charge in [0, 0.05) is 11.8 Å². The number of nitrogens with two attached hydrogens (primary N) is 1. The molecule has 1 unspecified atom stereocenters. The Morgan fingerprint density at radius 2 is 2.00 bits per heavy atom. The predicted octanol–water partition coefficient (Wildman–Crippen LogP) is 1.36. The molecule has 0 aromatic rings. The van der Waals surface area contributed by atoms with Gasteiger partial charge in [0.05, 0.1) is 5.75 Å². The van der Waals surface area contributed by atoms with Gasteiger partial charge >= 0.3 is 6.18 Å². The molecule has 0 saturated heterocycles. The van der Waals surface area contributed by atoms with Crippen molar-refractivity contribution in [1.29, 1.82) is 5.41 Å². The number of carbonyl (C=O) groups excluding carboxylic acids is 1. The van der Waals surface area contributed by atoms with Gasteiger partial charge in [-0.1, -0.05) is 0 Å². The van der Waals surface area contributed by atoms with Crippen LogP contribution in [0.15, 0.2) is 0 Å². The molecule has 0 aliphatic heterocycles. The molecule has 0 heterocycles. The lowest BCUT2D eigenvalue weighted by Crippen LogP contribution is -2.37. The minimum atomic E-state index is -4.53. The van der Waals surface area contributed by atoms with Crippen LogP contribution in [0.2, 0.25) is 0 Å². The molecule has 0 aromatic heterocycles. The van der Waals surface area contributed by atoms with Crippen LogP contribution in [0, 0.1) is 11.3 Å². The van der Waals surface area contributed by atoms with Gasteiger partial charge in [-0.15, -0.1) is 0 Å². The summed E-state index contributed by atoms with van der Waals surface area (Å²) in [4.78, 5) is 11.2. The van der Waals surface area contributed by atoms with E-state index in [1.165, 1.54) is 0 Å². The molecular weight excluding hydrogens is 255 g/mol. The third-order valence-electron chi connectivity index (χ3n) is 1.74. The molecule has 1 amide bonds. The third-order valence-corrected chi connectivity index (χ3v) is 2.77. The van der Waals surface area contributed by atoms with Crippen LogP contribution in [-0.4, -0.2) is 35.5 Å². The summed E-state index contributed by atoms with van der Waals surface area (Å²) >= 11 is 0.814. The lowest BCUT2D eigenvalue weighted by molar-refractivity contribution is -0.150. The molecule has 0 aliphatic rings. The van der Waals surface area contributed by atoms with Gasteiger partial charge < -0.3 is 11.1 Å². The standard InChI is InChI=1S/C9H16F3N3OS/c1-5(2)15-7(16)4-17-3-6(8(13)14)9(10,11)12/h5-6H,3-4H2,1-2H3,(H3,13,14)(H,15,16). The average Bonchev–Trinajstić information content (AvgIpc) is 2.08. The highest BCUT2D eigenvalue weighted by Gasteiger charge is 2.41. The zero-order valence-electron chi connectivity index (χ0n) is 9.60. The maximum absolute atomic E-state index is 12.4. The van der Waals surface area contributed by atoms with E-state index in [4.69, 9.17) is 11.1 Å². The van der Waals surface area contributed by atoms with E-state index in [0.29, 0.717) is 0 Å². The van der Waals surface area contributed by atoms with Crippen LogP contribution in [0.5, 0.6) is 0 Å². The summed E-state index contributed by atoms with van der Waals surface area (Å²) in [5.74, 6) is -3.72. The number of amides is 1. The van der Waals surface area contributed by atoms with E-state index in [1.54, 1.807) is 13.8 Å². The zero-order chi connectivity index (χ0) is 13.6. The molecule has 17 heavy (non-hydrogen) atoms. The summed E-state index contributed by atoms with van der Waals surface area (Å²) in [7, 11) is 0. The van der Waals surface area contributed by atoms with Crippen molar-refractivity contribution in [3.05, 3.63) is 0 Å². The second-order valence-corrected chi connectivity index (χ2v) is 4.82. The van der Waals surface area contributed by atoms with E-state index in [0.717, 1.165) is 11.8 Å². The monoisotopic (exact) mass is 271 g/mol. The second kappa shape index (κ2) is 6.73. The molecular formula is C9H16F3N3OS. The van der Waals surface area contributed by atoms with Gasteiger partial charge in [-0.2, -0.15) is 24.9 Å². The molecule has 0 fully saturated rings. The van der Waals surface area contributed by atoms with Crippen molar-refractivity contribution in [2.75, 3.05) is 11.5 Å². The van der Waals surface area contributed by atoms with Crippen molar-refractivity contribution in [2.45, 2.75) is 26.1 Å². The lowest BCUT2D eigenvalue weighted by atomic mass is 10.1. The minimum Gasteiger partial charge on any atom is -0.387 e. The number of nitrogens with one attached hydrogen (secondary N) is 2. The van der Waals surface area contributed by atoms with Crippen molar-refractivity contribution < 1.29 is 18.0 Å². The summed E-state index contributed by atoms with van der Waals surface area (Å²) in [5.41, 5.74) is 4.87. The summed E-state index contributed by atoms with van der Waals surface area (Å²) < 4.78 is 37.1. The summed E-state index contributed by atoms with van der Waals surface area (Å²) in [6.07, 6.45) is -4.53. The highest BCUT2D eigenvalue weighted by atomic mass is 32.2. The smallest absolute Gasteiger partial charge is 0.387 e. The Bertz CT molecular complexity index is 281. The fraction of sp³-hybridized carbons (Fsp3) is 0.778. The molecule has 0 aliphatic carbocycles.